The number of aromatic amines is 1. The largest absolute Gasteiger partial charge is 0.383 e. The van der Waals surface area contributed by atoms with Crippen molar-refractivity contribution >= 4 is 17.4 Å². The summed E-state index contributed by atoms with van der Waals surface area (Å²) >= 11 is 0. The molecule has 1 unspecified atom stereocenters. The van der Waals surface area contributed by atoms with E-state index in [9.17, 15) is 14.4 Å². The lowest BCUT2D eigenvalue weighted by molar-refractivity contribution is -0.119. The summed E-state index contributed by atoms with van der Waals surface area (Å²) in [6.45, 7) is 2.73. The summed E-state index contributed by atoms with van der Waals surface area (Å²) in [5, 5.41) is 0. The van der Waals surface area contributed by atoms with Gasteiger partial charge in [-0.15, -0.1) is 0 Å². The lowest BCUT2D eigenvalue weighted by atomic mass is 10.0. The van der Waals surface area contributed by atoms with Crippen LogP contribution in [-0.2, 0) is 16.1 Å². The van der Waals surface area contributed by atoms with Crippen LogP contribution in [0.25, 0.3) is 0 Å². The van der Waals surface area contributed by atoms with E-state index in [1.54, 1.807) is 0 Å². The number of methoxy groups -OCH3 is 1. The molecule has 2 rings (SSSR count). The molecule has 138 valence electrons. The summed E-state index contributed by atoms with van der Waals surface area (Å²) in [5.41, 5.74) is 4.89. The first-order valence-corrected chi connectivity index (χ1v) is 8.58. The third-order valence-electron chi connectivity index (χ3n) is 4.30. The van der Waals surface area contributed by atoms with E-state index in [1.165, 1.54) is 16.6 Å². The van der Waals surface area contributed by atoms with Crippen molar-refractivity contribution < 1.29 is 9.53 Å². The quantitative estimate of drug-likeness (QED) is 0.676. The Labute approximate surface area is 146 Å². The summed E-state index contributed by atoms with van der Waals surface area (Å²) in [4.78, 5) is 40.8. The Bertz CT molecular complexity index is 750. The first-order valence-electron chi connectivity index (χ1n) is 8.58. The smallest absolute Gasteiger partial charge is 0.330 e. The van der Waals surface area contributed by atoms with Crippen molar-refractivity contribution in [1.29, 1.82) is 0 Å². The molecular weight excluding hydrogens is 324 g/mol. The number of nitrogens with zero attached hydrogens (tertiary/aromatic N) is 2. The molecule has 3 N–H and O–H groups in total. The highest BCUT2D eigenvalue weighted by molar-refractivity contribution is 5.95. The van der Waals surface area contributed by atoms with Gasteiger partial charge in [0.1, 0.15) is 5.82 Å². The number of anilines is 2. The molecule has 1 heterocycles. The van der Waals surface area contributed by atoms with Crippen molar-refractivity contribution in [2.24, 2.45) is 5.92 Å². The van der Waals surface area contributed by atoms with E-state index in [-0.39, 0.29) is 36.5 Å². The van der Waals surface area contributed by atoms with Crippen molar-refractivity contribution in [3.05, 3.63) is 33.0 Å². The predicted molar refractivity (Wildman–Crippen MR) is 96.7 cm³/mol. The molecule has 1 aliphatic rings. The molecular formula is C17H26N4O4. The van der Waals surface area contributed by atoms with Gasteiger partial charge in [-0.05, 0) is 25.2 Å². The Morgan fingerprint density at radius 3 is 2.84 bits per heavy atom. The van der Waals surface area contributed by atoms with Crippen molar-refractivity contribution in [3.63, 3.8) is 0 Å². The summed E-state index contributed by atoms with van der Waals surface area (Å²) in [6, 6.07) is 0. The molecule has 8 heteroatoms. The number of nitrogen functional groups attached to an aromatic ring is 1. The van der Waals surface area contributed by atoms with Crippen molar-refractivity contribution in [2.75, 3.05) is 30.9 Å². The zero-order valence-corrected chi connectivity index (χ0v) is 14.8. The highest BCUT2D eigenvalue weighted by atomic mass is 16.5. The van der Waals surface area contributed by atoms with Gasteiger partial charge < -0.3 is 15.4 Å². The number of allylic oxidation sites excluding steroid dienone is 2. The van der Waals surface area contributed by atoms with E-state index in [0.29, 0.717) is 19.4 Å². The summed E-state index contributed by atoms with van der Waals surface area (Å²) < 4.78 is 6.36. The number of hydrogen-bond donors (Lipinski definition) is 2. The Hall–Kier alpha value is -2.35. The zero-order valence-electron chi connectivity index (χ0n) is 14.8. The van der Waals surface area contributed by atoms with Crippen molar-refractivity contribution in [3.8, 4) is 0 Å². The molecule has 0 radical (unpaired) electrons. The fraction of sp³-hybridized carbons (Fsp3) is 0.588. The molecule has 0 bridgehead atoms. The van der Waals surface area contributed by atoms with Crippen LogP contribution < -0.4 is 21.9 Å². The number of carbonyl (C=O) groups excluding carboxylic acids is 1. The van der Waals surface area contributed by atoms with Crippen LogP contribution in [0.15, 0.2) is 21.7 Å². The van der Waals surface area contributed by atoms with E-state index >= 15 is 0 Å². The number of carbonyl (C=O) groups is 1. The second-order valence-electron chi connectivity index (χ2n) is 6.15. The number of H-pyrrole nitrogens is 1. The maximum Gasteiger partial charge on any atom is 0.330 e. The number of amides is 1. The first kappa shape index (κ1) is 19.0. The fourth-order valence-electron chi connectivity index (χ4n) is 3.03. The van der Waals surface area contributed by atoms with Crippen LogP contribution in [0, 0.1) is 5.92 Å². The third kappa shape index (κ3) is 4.39. The average molecular weight is 350 g/mol. The third-order valence-corrected chi connectivity index (χ3v) is 4.30. The fourth-order valence-corrected chi connectivity index (χ4v) is 3.03. The van der Waals surface area contributed by atoms with Gasteiger partial charge >= 0.3 is 5.69 Å². The minimum Gasteiger partial charge on any atom is -0.383 e. The maximum absolute atomic E-state index is 12.8. The number of nitrogens with one attached hydrogen (secondary N) is 1. The Kier molecular flexibility index (Phi) is 6.58. The minimum atomic E-state index is -0.652. The number of hydrogen-bond acceptors (Lipinski definition) is 5. The average Bonchev–Trinajstić information content (AvgIpc) is 3.07. The standard InChI is InChI=1S/C17H26N4O4/c1-3-8-21-15(18)14(16(23)19-17(21)24)20(9-10-25-2)13(22)11-12-6-4-5-7-12/h4,6,12H,3,5,7-11,18H2,1-2H3,(H,19,23,24). The Morgan fingerprint density at radius 2 is 2.24 bits per heavy atom. The van der Waals surface area contributed by atoms with E-state index < -0.39 is 11.2 Å². The monoisotopic (exact) mass is 350 g/mol. The normalized spacial score (nSPS) is 16.3. The van der Waals surface area contributed by atoms with Crippen LogP contribution in [-0.4, -0.2) is 35.7 Å². The highest BCUT2D eigenvalue weighted by Crippen LogP contribution is 2.24. The van der Waals surface area contributed by atoms with Gasteiger partial charge in [-0.2, -0.15) is 0 Å². The SMILES string of the molecule is CCCn1c(N)c(N(CCOC)C(=O)CC2C=CCC2)c(=O)[nH]c1=O. The first-order chi connectivity index (χ1) is 12.0. The van der Waals surface area contributed by atoms with Gasteiger partial charge in [-0.3, -0.25) is 19.1 Å². The predicted octanol–water partition coefficient (Wildman–Crippen LogP) is 0.865. The van der Waals surface area contributed by atoms with Gasteiger partial charge in [0.25, 0.3) is 5.56 Å². The molecule has 25 heavy (non-hydrogen) atoms. The second kappa shape index (κ2) is 8.66. The van der Waals surface area contributed by atoms with Gasteiger partial charge in [-0.1, -0.05) is 19.1 Å². The van der Waals surface area contributed by atoms with E-state index in [4.69, 9.17) is 10.5 Å². The molecule has 8 nitrogen and oxygen atoms in total. The van der Waals surface area contributed by atoms with E-state index in [2.05, 4.69) is 11.1 Å². The highest BCUT2D eigenvalue weighted by Gasteiger charge is 2.26. The molecule has 0 aliphatic heterocycles. The van der Waals surface area contributed by atoms with Crippen LogP contribution in [0.2, 0.25) is 0 Å². The van der Waals surface area contributed by atoms with Gasteiger partial charge in [0.2, 0.25) is 5.91 Å². The number of nitrogens with two attached hydrogens (primary N) is 1. The van der Waals surface area contributed by atoms with Crippen LogP contribution in [0.5, 0.6) is 0 Å². The Balaban J connectivity index is 2.41. The number of ether oxygens (including phenoxy) is 1. The van der Waals surface area contributed by atoms with Gasteiger partial charge in [-0.25, -0.2) is 4.79 Å². The summed E-state index contributed by atoms with van der Waals surface area (Å²) in [7, 11) is 1.52. The molecule has 1 aliphatic carbocycles. The van der Waals surface area contributed by atoms with Gasteiger partial charge in [0.05, 0.1) is 6.61 Å². The molecule has 0 fully saturated rings. The lowest BCUT2D eigenvalue weighted by Crippen LogP contribution is -2.42. The van der Waals surface area contributed by atoms with Crippen molar-refractivity contribution in [1.82, 2.24) is 9.55 Å². The lowest BCUT2D eigenvalue weighted by Gasteiger charge is -2.25. The molecule has 0 spiro atoms. The van der Waals surface area contributed by atoms with Crippen LogP contribution in [0.3, 0.4) is 0 Å². The number of rotatable bonds is 8. The van der Waals surface area contributed by atoms with Crippen LogP contribution in [0.4, 0.5) is 11.5 Å². The summed E-state index contributed by atoms with van der Waals surface area (Å²) in [6.07, 6.45) is 6.93. The van der Waals surface area contributed by atoms with Gasteiger partial charge in [0, 0.05) is 26.6 Å². The van der Waals surface area contributed by atoms with E-state index in [0.717, 1.165) is 12.8 Å². The molecule has 0 saturated carbocycles. The molecule has 1 amide bonds. The molecule has 0 aromatic carbocycles. The molecule has 0 saturated heterocycles. The van der Waals surface area contributed by atoms with Crippen molar-refractivity contribution in [2.45, 2.75) is 39.2 Å². The second-order valence-corrected chi connectivity index (χ2v) is 6.15. The van der Waals surface area contributed by atoms with Gasteiger partial charge in [0.15, 0.2) is 5.69 Å². The van der Waals surface area contributed by atoms with Crippen LogP contribution >= 0.6 is 0 Å². The zero-order chi connectivity index (χ0) is 18.4. The maximum atomic E-state index is 12.8. The molecule has 1 aromatic heterocycles. The minimum absolute atomic E-state index is 0.0158. The van der Waals surface area contributed by atoms with Crippen LogP contribution in [0.1, 0.15) is 32.6 Å². The summed E-state index contributed by atoms with van der Waals surface area (Å²) in [5.74, 6) is -0.0195. The van der Waals surface area contributed by atoms with E-state index in [1.807, 2.05) is 13.0 Å². The Morgan fingerprint density at radius 1 is 1.48 bits per heavy atom. The molecule has 1 aromatic rings. The number of aromatic nitrogens is 2. The molecule has 1 atom stereocenters. The topological polar surface area (TPSA) is 110 Å².